The highest BCUT2D eigenvalue weighted by Crippen LogP contribution is 2.27. The van der Waals surface area contributed by atoms with Crippen LogP contribution in [0.15, 0.2) is 113 Å². The zero-order chi connectivity index (χ0) is 27.2. The molecule has 0 atom stereocenters. The number of nitro benzene ring substituents is 1. The summed E-state index contributed by atoms with van der Waals surface area (Å²) >= 11 is 3.50. The van der Waals surface area contributed by atoms with Crippen molar-refractivity contribution in [1.29, 1.82) is 0 Å². The van der Waals surface area contributed by atoms with Gasteiger partial charge in [-0.1, -0.05) is 48.5 Å². The van der Waals surface area contributed by atoms with Crippen LogP contribution in [0.5, 0.6) is 5.75 Å². The molecular weight excluding hydrogens is 560 g/mol. The Kier molecular flexibility index (Phi) is 7.70. The largest absolute Gasteiger partial charge is 0.488 e. The number of para-hydroxylation sites is 1. The molecule has 1 aromatic heterocycles. The first-order valence-electron chi connectivity index (χ1n) is 11.9. The lowest BCUT2D eigenvalue weighted by molar-refractivity contribution is -0.384. The van der Waals surface area contributed by atoms with Gasteiger partial charge in [0, 0.05) is 23.1 Å². The lowest BCUT2D eigenvalue weighted by atomic mass is 10.0. The first-order valence-corrected chi connectivity index (χ1v) is 12.7. The van der Waals surface area contributed by atoms with Gasteiger partial charge in [0.25, 0.3) is 11.6 Å². The summed E-state index contributed by atoms with van der Waals surface area (Å²) in [5.74, 6) is 0.260. The van der Waals surface area contributed by atoms with Gasteiger partial charge in [0.05, 0.1) is 32.4 Å². The molecular formula is C30H21BrN4O4. The third-order valence-corrected chi connectivity index (χ3v) is 6.53. The van der Waals surface area contributed by atoms with Crippen molar-refractivity contribution in [3.05, 3.63) is 134 Å². The maximum atomic E-state index is 13.1. The summed E-state index contributed by atoms with van der Waals surface area (Å²) in [5, 5.41) is 15.7. The Morgan fingerprint density at radius 1 is 0.974 bits per heavy atom. The van der Waals surface area contributed by atoms with Crippen molar-refractivity contribution >= 4 is 44.6 Å². The number of halogens is 1. The molecule has 5 rings (SSSR count). The summed E-state index contributed by atoms with van der Waals surface area (Å²) in [6.07, 6.45) is 1.55. The van der Waals surface area contributed by atoms with E-state index >= 15 is 0 Å². The maximum absolute atomic E-state index is 13.1. The van der Waals surface area contributed by atoms with Crippen molar-refractivity contribution in [2.45, 2.75) is 6.61 Å². The first-order chi connectivity index (χ1) is 19.0. The second kappa shape index (κ2) is 11.7. The fourth-order valence-electron chi connectivity index (χ4n) is 3.94. The number of hydrogen-bond donors (Lipinski definition) is 1. The number of rotatable bonds is 8. The van der Waals surface area contributed by atoms with Gasteiger partial charge in [0.1, 0.15) is 12.4 Å². The number of nitrogens with zero attached hydrogens (tertiary/aromatic N) is 3. The van der Waals surface area contributed by atoms with E-state index in [1.54, 1.807) is 36.5 Å². The normalized spacial score (nSPS) is 11.0. The van der Waals surface area contributed by atoms with Gasteiger partial charge in [-0.3, -0.25) is 14.9 Å². The van der Waals surface area contributed by atoms with E-state index in [2.05, 4.69) is 26.5 Å². The van der Waals surface area contributed by atoms with E-state index in [0.717, 1.165) is 27.6 Å². The quantitative estimate of drug-likeness (QED) is 0.122. The number of benzene rings is 4. The third-order valence-electron chi connectivity index (χ3n) is 5.91. The number of amides is 1. The van der Waals surface area contributed by atoms with E-state index in [9.17, 15) is 14.9 Å². The smallest absolute Gasteiger partial charge is 0.272 e. The standard InChI is InChI=1S/C30H21BrN4O4/c31-26-16-21(12-15-29(26)39-19-20-10-13-23(14-11-20)35(37)38)18-32-34-30(36)25-17-28(22-6-2-1-3-7-22)33-27-9-5-4-8-24(25)27/h1-18H,19H2,(H,34,36)/b32-18+. The van der Waals surface area contributed by atoms with Crippen LogP contribution in [0, 0.1) is 10.1 Å². The van der Waals surface area contributed by atoms with Gasteiger partial charge in [0.15, 0.2) is 0 Å². The highest BCUT2D eigenvalue weighted by molar-refractivity contribution is 9.10. The number of hydrogen-bond acceptors (Lipinski definition) is 6. The molecule has 0 radical (unpaired) electrons. The van der Waals surface area contributed by atoms with E-state index in [1.807, 2.05) is 60.7 Å². The number of nitro groups is 1. The van der Waals surface area contributed by atoms with E-state index in [4.69, 9.17) is 9.72 Å². The molecule has 0 aliphatic rings. The highest BCUT2D eigenvalue weighted by Gasteiger charge is 2.13. The molecule has 0 saturated carbocycles. The fourth-order valence-corrected chi connectivity index (χ4v) is 4.45. The van der Waals surface area contributed by atoms with Crippen molar-refractivity contribution in [2.24, 2.45) is 5.10 Å². The molecule has 5 aromatic rings. The van der Waals surface area contributed by atoms with E-state index < -0.39 is 4.92 Å². The van der Waals surface area contributed by atoms with E-state index in [1.165, 1.54) is 12.1 Å². The molecule has 4 aromatic carbocycles. The molecule has 1 N–H and O–H groups in total. The predicted octanol–water partition coefficient (Wildman–Crippen LogP) is 6.92. The average molecular weight is 581 g/mol. The van der Waals surface area contributed by atoms with Gasteiger partial charge < -0.3 is 4.74 Å². The number of fused-ring (bicyclic) bond motifs is 1. The number of nitrogens with one attached hydrogen (secondary N) is 1. The SMILES string of the molecule is O=C(N/N=C/c1ccc(OCc2ccc([N+](=O)[O-])cc2)c(Br)c1)c1cc(-c2ccccc2)nc2ccccc12. The van der Waals surface area contributed by atoms with Crippen molar-refractivity contribution in [1.82, 2.24) is 10.4 Å². The molecule has 9 heteroatoms. The van der Waals surface area contributed by atoms with Crippen LogP contribution in [0.25, 0.3) is 22.2 Å². The van der Waals surface area contributed by atoms with Gasteiger partial charge in [-0.05, 0) is 69.5 Å². The first kappa shape index (κ1) is 25.7. The van der Waals surface area contributed by atoms with Crippen molar-refractivity contribution in [3.63, 3.8) is 0 Å². The maximum Gasteiger partial charge on any atom is 0.272 e. The second-order valence-electron chi connectivity index (χ2n) is 8.54. The Morgan fingerprint density at radius 2 is 1.72 bits per heavy atom. The predicted molar refractivity (Wildman–Crippen MR) is 154 cm³/mol. The summed E-state index contributed by atoms with van der Waals surface area (Å²) in [6.45, 7) is 0.255. The number of carbonyl (C=O) groups excluding carboxylic acids is 1. The van der Waals surface area contributed by atoms with Crippen molar-refractivity contribution in [2.75, 3.05) is 0 Å². The van der Waals surface area contributed by atoms with Crippen molar-refractivity contribution < 1.29 is 14.5 Å². The number of non-ortho nitro benzene ring substituents is 1. The molecule has 0 aliphatic heterocycles. The van der Waals surface area contributed by atoms with Gasteiger partial charge in [0.2, 0.25) is 0 Å². The molecule has 1 heterocycles. The van der Waals surface area contributed by atoms with Crippen molar-refractivity contribution in [3.8, 4) is 17.0 Å². The zero-order valence-electron chi connectivity index (χ0n) is 20.5. The number of carbonyl (C=O) groups is 1. The Labute approximate surface area is 232 Å². The second-order valence-corrected chi connectivity index (χ2v) is 9.39. The van der Waals surface area contributed by atoms with Gasteiger partial charge in [-0.15, -0.1) is 0 Å². The minimum Gasteiger partial charge on any atom is -0.488 e. The van der Waals surface area contributed by atoms with Crippen LogP contribution in [-0.2, 0) is 6.61 Å². The van der Waals surface area contributed by atoms with E-state index in [-0.39, 0.29) is 18.2 Å². The Bertz CT molecular complexity index is 1690. The van der Waals surface area contributed by atoms with Gasteiger partial charge in [-0.25, -0.2) is 10.4 Å². The zero-order valence-corrected chi connectivity index (χ0v) is 22.0. The van der Waals surface area contributed by atoms with Crippen LogP contribution >= 0.6 is 15.9 Å². The number of pyridine rings is 1. The molecule has 0 aliphatic carbocycles. The number of aromatic nitrogens is 1. The average Bonchev–Trinajstić information content (AvgIpc) is 2.96. The van der Waals surface area contributed by atoms with Crippen LogP contribution in [0.1, 0.15) is 21.5 Å². The van der Waals surface area contributed by atoms with Crippen LogP contribution in [0.2, 0.25) is 0 Å². The molecule has 0 unspecified atom stereocenters. The Morgan fingerprint density at radius 3 is 2.46 bits per heavy atom. The van der Waals surface area contributed by atoms with Crippen LogP contribution in [0.3, 0.4) is 0 Å². The molecule has 192 valence electrons. The summed E-state index contributed by atoms with van der Waals surface area (Å²) in [4.78, 5) is 28.2. The summed E-state index contributed by atoms with van der Waals surface area (Å²) in [6, 6.07) is 30.6. The van der Waals surface area contributed by atoms with E-state index in [0.29, 0.717) is 21.5 Å². The van der Waals surface area contributed by atoms with Crippen LogP contribution < -0.4 is 10.2 Å². The van der Waals surface area contributed by atoms with Crippen LogP contribution in [-0.4, -0.2) is 22.0 Å². The Hall–Kier alpha value is -4.89. The summed E-state index contributed by atoms with van der Waals surface area (Å²) < 4.78 is 6.53. The summed E-state index contributed by atoms with van der Waals surface area (Å²) in [5.41, 5.74) is 7.03. The lowest BCUT2D eigenvalue weighted by Crippen LogP contribution is -2.18. The lowest BCUT2D eigenvalue weighted by Gasteiger charge is -2.09. The minimum atomic E-state index is -0.439. The highest BCUT2D eigenvalue weighted by atomic mass is 79.9. The molecule has 1 amide bonds. The molecule has 39 heavy (non-hydrogen) atoms. The molecule has 8 nitrogen and oxygen atoms in total. The molecule has 0 saturated heterocycles. The number of ether oxygens (including phenoxy) is 1. The molecule has 0 bridgehead atoms. The minimum absolute atomic E-state index is 0.0319. The van der Waals surface area contributed by atoms with Crippen LogP contribution in [0.4, 0.5) is 5.69 Å². The fraction of sp³-hybridized carbons (Fsp3) is 0.0333. The molecule has 0 spiro atoms. The van der Waals surface area contributed by atoms with Gasteiger partial charge >= 0.3 is 0 Å². The summed E-state index contributed by atoms with van der Waals surface area (Å²) in [7, 11) is 0. The Balaban J connectivity index is 1.27. The number of hydrazone groups is 1. The monoisotopic (exact) mass is 580 g/mol. The molecule has 0 fully saturated rings. The van der Waals surface area contributed by atoms with Gasteiger partial charge in [-0.2, -0.15) is 5.10 Å². The topological polar surface area (TPSA) is 107 Å². The third kappa shape index (κ3) is 6.16.